The number of sulfonamides is 2. The average molecular weight is 1020 g/mol. The first-order valence-electron chi connectivity index (χ1n) is 21.5. The van der Waals surface area contributed by atoms with Crippen LogP contribution in [-0.4, -0.2) is 87.8 Å². The van der Waals surface area contributed by atoms with Crippen LogP contribution in [0.1, 0.15) is 75.2 Å². The molecule has 6 aromatic rings. The van der Waals surface area contributed by atoms with E-state index in [2.05, 4.69) is 56.3 Å². The molecule has 2 aliphatic rings. The fourth-order valence-corrected chi connectivity index (χ4v) is 12.9. The Hall–Kier alpha value is -4.00. The SMILES string of the molecule is CC(C)(C)c1ccc(S(=O)(=O)N2CCN(c3nc(Cc4cc(Cl)cc(Cl)c4)cs3)CC2)cc1.CC(C)(C)c1ccc(S(=O)(=O)N2CCN(c3nc(Cc4cc(F)cc(F)c4)cs3)CC2)cc1. The van der Waals surface area contributed by atoms with Crippen LogP contribution in [0.15, 0.2) is 105 Å². The molecule has 0 spiro atoms. The number of piperazine rings is 2. The van der Waals surface area contributed by atoms with Gasteiger partial charge in [-0.25, -0.2) is 35.6 Å². The van der Waals surface area contributed by atoms with Gasteiger partial charge in [-0.1, -0.05) is 89.0 Å². The van der Waals surface area contributed by atoms with Crippen LogP contribution in [0, 0.1) is 11.6 Å². The van der Waals surface area contributed by atoms with Crippen molar-refractivity contribution in [1.29, 1.82) is 0 Å². The number of anilines is 2. The third kappa shape index (κ3) is 12.4. The lowest BCUT2D eigenvalue weighted by atomic mass is 9.87. The Balaban J connectivity index is 0.000000196. The fraction of sp³-hybridized carbons (Fsp3) is 0.375. The molecule has 0 amide bonds. The summed E-state index contributed by atoms with van der Waals surface area (Å²) in [5.74, 6) is -1.21. The van der Waals surface area contributed by atoms with Crippen molar-refractivity contribution in [3.05, 3.63) is 151 Å². The smallest absolute Gasteiger partial charge is 0.243 e. The molecule has 8 rings (SSSR count). The van der Waals surface area contributed by atoms with Crippen molar-refractivity contribution in [2.45, 2.75) is 75.0 Å². The number of benzene rings is 4. The van der Waals surface area contributed by atoms with E-state index in [9.17, 15) is 25.6 Å². The van der Waals surface area contributed by atoms with E-state index in [1.54, 1.807) is 46.0 Å². The van der Waals surface area contributed by atoms with Crippen LogP contribution in [0.5, 0.6) is 0 Å². The molecular formula is C48H54Cl2F2N6O4S4. The first-order chi connectivity index (χ1) is 31.0. The van der Waals surface area contributed by atoms with Gasteiger partial charge in [-0.15, -0.1) is 22.7 Å². The summed E-state index contributed by atoms with van der Waals surface area (Å²) in [4.78, 5) is 14.2. The van der Waals surface area contributed by atoms with Gasteiger partial charge in [0.25, 0.3) is 0 Å². The third-order valence-electron chi connectivity index (χ3n) is 11.4. The van der Waals surface area contributed by atoms with Crippen LogP contribution in [-0.2, 0) is 43.7 Å². The molecular weight excluding hydrogens is 962 g/mol. The van der Waals surface area contributed by atoms with Gasteiger partial charge in [-0.3, -0.25) is 0 Å². The molecule has 352 valence electrons. The zero-order valence-electron chi connectivity index (χ0n) is 37.8. The van der Waals surface area contributed by atoms with E-state index in [1.165, 1.54) is 27.8 Å². The average Bonchev–Trinajstić information content (AvgIpc) is 3.93. The molecule has 0 unspecified atom stereocenters. The van der Waals surface area contributed by atoms with Gasteiger partial charge in [0.05, 0.1) is 21.2 Å². The number of rotatable bonds is 10. The minimum atomic E-state index is -3.55. The highest BCUT2D eigenvalue weighted by Gasteiger charge is 2.31. The Bertz CT molecular complexity index is 2610. The zero-order chi connectivity index (χ0) is 47.6. The highest BCUT2D eigenvalue weighted by molar-refractivity contribution is 7.89. The molecule has 2 saturated heterocycles. The standard InChI is InChI=1S/C24H27Cl2N3O2S2.C24H27F2N3O2S2/c2*1-24(2,3)18-4-6-22(7-5-18)33(30,31)29-10-8-28(9-11-29)23-27-21(16-32-23)14-17-12-19(25)15-20(26)13-17/h2*4-7,12-13,15-16H,8-11,14H2,1-3H3. The Morgan fingerprint density at radius 3 is 1.23 bits per heavy atom. The summed E-state index contributed by atoms with van der Waals surface area (Å²) < 4.78 is 82.4. The molecule has 66 heavy (non-hydrogen) atoms. The van der Waals surface area contributed by atoms with E-state index in [4.69, 9.17) is 28.2 Å². The molecule has 2 fully saturated rings. The normalized spacial score (nSPS) is 15.7. The number of hydrogen-bond donors (Lipinski definition) is 0. The second-order valence-electron chi connectivity index (χ2n) is 18.5. The molecule has 4 heterocycles. The van der Waals surface area contributed by atoms with Gasteiger partial charge in [-0.05, 0) is 87.7 Å². The summed E-state index contributed by atoms with van der Waals surface area (Å²) in [5, 5.41) is 6.82. The summed E-state index contributed by atoms with van der Waals surface area (Å²) in [6.07, 6.45) is 0.986. The summed E-state index contributed by atoms with van der Waals surface area (Å²) in [6, 6.07) is 23.3. The molecule has 0 radical (unpaired) electrons. The minimum Gasteiger partial charge on any atom is -0.345 e. The predicted octanol–water partition coefficient (Wildman–Crippen LogP) is 10.7. The topological polar surface area (TPSA) is 107 Å². The summed E-state index contributed by atoms with van der Waals surface area (Å²) in [5.41, 5.74) is 5.37. The van der Waals surface area contributed by atoms with Crippen molar-refractivity contribution in [2.24, 2.45) is 0 Å². The number of aromatic nitrogens is 2. The Morgan fingerprint density at radius 1 is 0.530 bits per heavy atom. The van der Waals surface area contributed by atoms with E-state index in [0.717, 1.165) is 44.4 Å². The quantitative estimate of drug-likeness (QED) is 0.134. The molecule has 4 aromatic carbocycles. The van der Waals surface area contributed by atoms with Gasteiger partial charge < -0.3 is 9.80 Å². The van der Waals surface area contributed by atoms with Crippen LogP contribution < -0.4 is 9.80 Å². The Kier molecular flexibility index (Phi) is 15.3. The zero-order valence-corrected chi connectivity index (χ0v) is 42.5. The predicted molar refractivity (Wildman–Crippen MR) is 265 cm³/mol. The van der Waals surface area contributed by atoms with Crippen LogP contribution in [0.2, 0.25) is 10.0 Å². The van der Waals surface area contributed by atoms with E-state index in [-0.39, 0.29) is 10.8 Å². The Morgan fingerprint density at radius 2 is 0.879 bits per heavy atom. The van der Waals surface area contributed by atoms with Crippen molar-refractivity contribution in [3.8, 4) is 0 Å². The lowest BCUT2D eigenvalue weighted by Crippen LogP contribution is -2.48. The molecule has 0 saturated carbocycles. The largest absolute Gasteiger partial charge is 0.345 e. The van der Waals surface area contributed by atoms with Crippen molar-refractivity contribution in [3.63, 3.8) is 0 Å². The van der Waals surface area contributed by atoms with Crippen molar-refractivity contribution in [2.75, 3.05) is 62.2 Å². The molecule has 18 heteroatoms. The van der Waals surface area contributed by atoms with Gasteiger partial charge in [0.1, 0.15) is 11.6 Å². The van der Waals surface area contributed by atoms with Crippen molar-refractivity contribution in [1.82, 2.24) is 18.6 Å². The van der Waals surface area contributed by atoms with Crippen molar-refractivity contribution < 1.29 is 25.6 Å². The van der Waals surface area contributed by atoms with Gasteiger partial charge >= 0.3 is 0 Å². The lowest BCUT2D eigenvalue weighted by Gasteiger charge is -2.33. The molecule has 0 N–H and O–H groups in total. The number of nitrogens with zero attached hydrogens (tertiary/aromatic N) is 6. The fourth-order valence-electron chi connectivity index (χ4n) is 7.68. The first-order valence-corrected chi connectivity index (χ1v) is 26.9. The maximum Gasteiger partial charge on any atom is 0.243 e. The summed E-state index contributed by atoms with van der Waals surface area (Å²) >= 11 is 15.2. The van der Waals surface area contributed by atoms with Gasteiger partial charge in [0.15, 0.2) is 10.3 Å². The minimum absolute atomic E-state index is 0.0144. The molecule has 2 aromatic heterocycles. The van der Waals surface area contributed by atoms with Crippen molar-refractivity contribution >= 4 is 76.2 Å². The maximum atomic E-state index is 13.4. The summed E-state index contributed by atoms with van der Waals surface area (Å²) in [7, 11) is -7.06. The molecule has 0 atom stereocenters. The molecule has 0 aliphatic carbocycles. The molecule has 2 aliphatic heterocycles. The maximum absolute atomic E-state index is 13.4. The second-order valence-corrected chi connectivity index (χ2v) is 24.9. The van der Waals surface area contributed by atoms with Crippen LogP contribution in [0.4, 0.5) is 19.0 Å². The van der Waals surface area contributed by atoms with E-state index in [0.29, 0.717) is 90.6 Å². The number of halogens is 4. The highest BCUT2D eigenvalue weighted by Crippen LogP contribution is 2.30. The third-order valence-corrected chi connectivity index (χ3v) is 17.6. The summed E-state index contributed by atoms with van der Waals surface area (Å²) in [6.45, 7) is 16.5. The lowest BCUT2D eigenvalue weighted by molar-refractivity contribution is 0.384. The second kappa shape index (κ2) is 20.3. The molecule has 10 nitrogen and oxygen atoms in total. The molecule has 0 bridgehead atoms. The van der Waals surface area contributed by atoms with Gasteiger partial charge in [0.2, 0.25) is 20.0 Å². The number of hydrogen-bond acceptors (Lipinski definition) is 10. The number of thiazole rings is 2. The monoisotopic (exact) mass is 1010 g/mol. The van der Waals surface area contributed by atoms with Crippen LogP contribution in [0.3, 0.4) is 0 Å². The van der Waals surface area contributed by atoms with Gasteiger partial charge in [-0.2, -0.15) is 8.61 Å². The Labute approximate surface area is 405 Å². The van der Waals surface area contributed by atoms with E-state index in [1.807, 2.05) is 47.2 Å². The highest BCUT2D eigenvalue weighted by atomic mass is 35.5. The van der Waals surface area contributed by atoms with Crippen LogP contribution >= 0.6 is 45.9 Å². The van der Waals surface area contributed by atoms with Gasteiger partial charge in [0, 0.05) is 92.1 Å². The van der Waals surface area contributed by atoms with E-state index < -0.39 is 31.7 Å². The van der Waals surface area contributed by atoms with E-state index >= 15 is 0 Å². The first kappa shape index (κ1) is 49.9. The van der Waals surface area contributed by atoms with Crippen LogP contribution in [0.25, 0.3) is 0 Å².